The minimum absolute atomic E-state index is 0.0237. The summed E-state index contributed by atoms with van der Waals surface area (Å²) in [6, 6.07) is 22.0. The zero-order valence-corrected chi connectivity index (χ0v) is 37.9. The summed E-state index contributed by atoms with van der Waals surface area (Å²) in [4.78, 5) is 26.6. The van der Waals surface area contributed by atoms with E-state index in [-0.39, 0.29) is 5.41 Å². The lowest BCUT2D eigenvalue weighted by Gasteiger charge is -2.36. The van der Waals surface area contributed by atoms with Crippen LogP contribution in [0.25, 0.3) is 11.3 Å². The summed E-state index contributed by atoms with van der Waals surface area (Å²) in [5.41, 5.74) is 13.4. The summed E-state index contributed by atoms with van der Waals surface area (Å²) >= 11 is 0. The molecule has 0 unspecified atom stereocenters. The average Bonchev–Trinajstić information content (AvgIpc) is 3.24. The van der Waals surface area contributed by atoms with Gasteiger partial charge in [0.05, 0.1) is 17.6 Å². The highest BCUT2D eigenvalue weighted by atomic mass is 15.3. The summed E-state index contributed by atoms with van der Waals surface area (Å²) < 4.78 is 0. The molecule has 2 aliphatic heterocycles. The molecule has 0 amide bonds. The van der Waals surface area contributed by atoms with Crippen molar-refractivity contribution < 1.29 is 0 Å². The monoisotopic (exact) mass is 808 g/mol. The van der Waals surface area contributed by atoms with Crippen LogP contribution >= 0.6 is 0 Å². The lowest BCUT2D eigenvalue weighted by molar-refractivity contribution is 0.261. The zero-order valence-electron chi connectivity index (χ0n) is 37.9. The van der Waals surface area contributed by atoms with E-state index < -0.39 is 0 Å². The number of rotatable bonds is 15. The lowest BCUT2D eigenvalue weighted by Crippen LogP contribution is -2.47. The molecule has 2 aromatic heterocycles. The Kier molecular flexibility index (Phi) is 15.4. The Labute approximate surface area is 360 Å². The van der Waals surface area contributed by atoms with E-state index in [0.29, 0.717) is 0 Å². The highest BCUT2D eigenvalue weighted by Crippen LogP contribution is 2.30. The number of aryl methyl sites for hydroxylation is 1. The fourth-order valence-corrected chi connectivity index (χ4v) is 8.03. The van der Waals surface area contributed by atoms with Crippen LogP contribution in [-0.2, 0) is 12.8 Å². The second-order valence-corrected chi connectivity index (χ2v) is 17.6. The van der Waals surface area contributed by atoms with Crippen LogP contribution in [-0.4, -0.2) is 64.8 Å². The number of benzene rings is 2. The molecule has 0 saturated carbocycles. The lowest BCUT2D eigenvalue weighted by atomic mass is 9.91. The molecule has 9 nitrogen and oxygen atoms in total. The van der Waals surface area contributed by atoms with E-state index in [4.69, 9.17) is 9.98 Å². The van der Waals surface area contributed by atoms with Gasteiger partial charge in [0, 0.05) is 91.9 Å². The molecule has 2 fully saturated rings. The fourth-order valence-electron chi connectivity index (χ4n) is 8.03. The van der Waals surface area contributed by atoms with Crippen LogP contribution in [0.3, 0.4) is 0 Å². The van der Waals surface area contributed by atoms with Crippen molar-refractivity contribution in [3.63, 3.8) is 0 Å². The van der Waals surface area contributed by atoms with Gasteiger partial charge in [-0.2, -0.15) is 0 Å². The van der Waals surface area contributed by atoms with Crippen LogP contribution in [0.15, 0.2) is 113 Å². The number of pyridine rings is 1. The normalized spacial score (nSPS) is 16.4. The van der Waals surface area contributed by atoms with Gasteiger partial charge >= 0.3 is 0 Å². The van der Waals surface area contributed by atoms with E-state index in [1.165, 1.54) is 50.9 Å². The van der Waals surface area contributed by atoms with Crippen molar-refractivity contribution in [2.75, 3.05) is 54.4 Å². The second-order valence-electron chi connectivity index (χ2n) is 17.6. The predicted molar refractivity (Wildman–Crippen MR) is 254 cm³/mol. The van der Waals surface area contributed by atoms with E-state index in [1.54, 1.807) is 6.33 Å². The number of aromatic nitrogens is 3. The Bertz CT molecular complexity index is 2140. The molecule has 0 aliphatic carbocycles. The fraction of sp³-hybridized carbons (Fsp3) is 0.451. The van der Waals surface area contributed by atoms with Crippen LogP contribution in [0.5, 0.6) is 0 Å². The predicted octanol–water partition coefficient (Wildman–Crippen LogP) is 11.4. The number of hydrogen-bond donors (Lipinski definition) is 2. The van der Waals surface area contributed by atoms with Gasteiger partial charge in [-0.05, 0) is 99.0 Å². The number of hydrogen-bond acceptors (Lipinski definition) is 9. The number of allylic oxidation sites excluding steroid dienone is 4. The van der Waals surface area contributed by atoms with Crippen molar-refractivity contribution >= 4 is 28.7 Å². The van der Waals surface area contributed by atoms with Crippen LogP contribution in [0.4, 0.5) is 23.0 Å². The van der Waals surface area contributed by atoms with Crippen molar-refractivity contribution in [3.8, 4) is 11.3 Å². The zero-order chi connectivity index (χ0) is 42.6. The highest BCUT2D eigenvalue weighted by molar-refractivity contribution is 5.88. The summed E-state index contributed by atoms with van der Waals surface area (Å²) in [6.45, 7) is 26.1. The number of nitrogens with zero attached hydrogens (tertiary/aromatic N) is 7. The first-order valence-corrected chi connectivity index (χ1v) is 22.3. The minimum atomic E-state index is 0.0237. The first kappa shape index (κ1) is 44.3. The third-order valence-corrected chi connectivity index (χ3v) is 11.5. The Morgan fingerprint density at radius 1 is 0.850 bits per heavy atom. The third-order valence-electron chi connectivity index (χ3n) is 11.5. The maximum atomic E-state index is 5.20. The summed E-state index contributed by atoms with van der Waals surface area (Å²) in [5.74, 6) is 2.70. The maximum Gasteiger partial charge on any atom is 0.135 e. The molecule has 0 atom stereocenters. The first-order valence-electron chi connectivity index (χ1n) is 22.3. The molecule has 318 valence electrons. The number of piperazine rings is 1. The molecule has 60 heavy (non-hydrogen) atoms. The van der Waals surface area contributed by atoms with Gasteiger partial charge in [-0.3, -0.25) is 9.89 Å². The topological polar surface area (TPSA) is 84.8 Å². The quantitative estimate of drug-likeness (QED) is 0.115. The standard InChI is InChI=1S/C51H69N9/c1-10-13-42-25-27-60(50(56-42)37(4)5)44-20-16-39(17-21-44)24-26-58-28-30-59(31-29-58)45-22-23-48(52-35-45)57-49-34-46(53-36-54-49)41-19-18-40(38(6)32-41)33-43(14-11-2)55-47(15-12-3)51(7,8)9/h13,15-23,32,34-36,56H,10-12,14,24-31,33H2,1-9H3,(H,52,53,54,57)/b42-13-,47-15-,55-43?. The van der Waals surface area contributed by atoms with Crippen molar-refractivity contribution in [2.45, 2.75) is 107 Å². The van der Waals surface area contributed by atoms with Crippen molar-refractivity contribution in [1.29, 1.82) is 0 Å². The van der Waals surface area contributed by atoms with Crippen LogP contribution < -0.4 is 20.4 Å². The van der Waals surface area contributed by atoms with Crippen molar-refractivity contribution in [2.24, 2.45) is 10.4 Å². The first-order chi connectivity index (χ1) is 28.9. The Balaban J connectivity index is 0.992. The van der Waals surface area contributed by atoms with Crippen molar-refractivity contribution in [1.82, 2.24) is 25.2 Å². The maximum absolute atomic E-state index is 5.20. The highest BCUT2D eigenvalue weighted by Gasteiger charge is 2.22. The summed E-state index contributed by atoms with van der Waals surface area (Å²) in [7, 11) is 0. The molecule has 6 rings (SSSR count). The molecule has 0 spiro atoms. The molecule has 0 bridgehead atoms. The van der Waals surface area contributed by atoms with Gasteiger partial charge in [0.2, 0.25) is 0 Å². The smallest absolute Gasteiger partial charge is 0.135 e. The Morgan fingerprint density at radius 2 is 1.62 bits per heavy atom. The molecule has 0 radical (unpaired) electrons. The Hall–Kier alpha value is -5.28. The average molecular weight is 808 g/mol. The molecule has 2 aliphatic rings. The number of anilines is 4. The van der Waals surface area contributed by atoms with Gasteiger partial charge in [-0.1, -0.05) is 84.4 Å². The van der Waals surface area contributed by atoms with Gasteiger partial charge in [-0.15, -0.1) is 0 Å². The van der Waals surface area contributed by atoms with Gasteiger partial charge in [0.25, 0.3) is 0 Å². The molecule has 9 heteroatoms. The van der Waals surface area contributed by atoms with Gasteiger partial charge in [0.15, 0.2) is 0 Å². The Morgan fingerprint density at radius 3 is 2.27 bits per heavy atom. The minimum Gasteiger partial charge on any atom is -0.368 e. The van der Waals surface area contributed by atoms with E-state index in [2.05, 4.69) is 158 Å². The van der Waals surface area contributed by atoms with Crippen LogP contribution in [0, 0.1) is 12.3 Å². The summed E-state index contributed by atoms with van der Waals surface area (Å²) in [6.07, 6.45) is 15.3. The van der Waals surface area contributed by atoms with E-state index >= 15 is 0 Å². The third kappa shape index (κ3) is 11.9. The molecular formula is C51H69N9. The van der Waals surface area contributed by atoms with Gasteiger partial charge < -0.3 is 20.4 Å². The SMILES string of the molecule is CC/C=C1/CCN(c2ccc(CCN3CCN(c4ccc(Nc5cc(-c6ccc(CC(CCC)=N/C(=C\CC)C(C)(C)C)c(C)c6)ncn5)nc4)CC3)cc2)C(=C(C)C)N1. The molecule has 2 N–H and O–H groups in total. The van der Waals surface area contributed by atoms with Gasteiger partial charge in [0.1, 0.15) is 23.8 Å². The number of aliphatic imine (C=N–C) groups is 1. The van der Waals surface area contributed by atoms with E-state index in [1.807, 2.05) is 18.3 Å². The molecule has 4 aromatic rings. The summed E-state index contributed by atoms with van der Waals surface area (Å²) in [5, 5.41) is 7.08. The largest absolute Gasteiger partial charge is 0.368 e. The molecule has 2 aromatic carbocycles. The molecular weight excluding hydrogens is 739 g/mol. The van der Waals surface area contributed by atoms with Crippen LogP contribution in [0.1, 0.15) is 104 Å². The van der Waals surface area contributed by atoms with Crippen LogP contribution in [0.2, 0.25) is 0 Å². The van der Waals surface area contributed by atoms with E-state index in [0.717, 1.165) is 113 Å². The molecule has 4 heterocycles. The molecule has 2 saturated heterocycles. The van der Waals surface area contributed by atoms with E-state index in [9.17, 15) is 0 Å². The number of nitrogens with one attached hydrogen (secondary N) is 2. The van der Waals surface area contributed by atoms with Gasteiger partial charge in [-0.25, -0.2) is 15.0 Å². The van der Waals surface area contributed by atoms with Crippen molar-refractivity contribution in [3.05, 3.63) is 125 Å². The second kappa shape index (κ2) is 20.8.